The minimum absolute atomic E-state index is 0.115. The number of allylic oxidation sites excluding steroid dienone is 2. The van der Waals surface area contributed by atoms with Crippen LogP contribution < -0.4 is 0 Å². The van der Waals surface area contributed by atoms with Gasteiger partial charge in [-0.1, -0.05) is 13.0 Å². The smallest absolute Gasteiger partial charge is 0.136 e. The summed E-state index contributed by atoms with van der Waals surface area (Å²) in [7, 11) is 0. The second kappa shape index (κ2) is 4.58. The van der Waals surface area contributed by atoms with E-state index in [1.165, 1.54) is 5.70 Å². The van der Waals surface area contributed by atoms with E-state index in [0.29, 0.717) is 5.78 Å². The van der Waals surface area contributed by atoms with Crippen molar-refractivity contribution in [2.24, 2.45) is 5.41 Å². The lowest BCUT2D eigenvalue weighted by Gasteiger charge is -2.37. The van der Waals surface area contributed by atoms with Crippen molar-refractivity contribution in [1.29, 1.82) is 0 Å². The van der Waals surface area contributed by atoms with Crippen molar-refractivity contribution in [3.05, 3.63) is 11.8 Å². The lowest BCUT2D eigenvalue weighted by Crippen LogP contribution is -2.38. The van der Waals surface area contributed by atoms with E-state index >= 15 is 0 Å². The third-order valence-corrected chi connectivity index (χ3v) is 3.99. The molecule has 3 heteroatoms. The van der Waals surface area contributed by atoms with Gasteiger partial charge in [-0.2, -0.15) is 0 Å². The zero-order chi connectivity index (χ0) is 11.6. The molecule has 0 spiro atoms. The van der Waals surface area contributed by atoms with E-state index in [0.717, 1.165) is 45.6 Å². The van der Waals surface area contributed by atoms with Gasteiger partial charge in [-0.05, 0) is 26.2 Å². The van der Waals surface area contributed by atoms with Gasteiger partial charge in [-0.15, -0.1) is 0 Å². The first-order valence-electron chi connectivity index (χ1n) is 6.15. The van der Waals surface area contributed by atoms with Crippen molar-refractivity contribution in [2.45, 2.75) is 33.1 Å². The van der Waals surface area contributed by atoms with Crippen LogP contribution in [0.2, 0.25) is 0 Å². The summed E-state index contributed by atoms with van der Waals surface area (Å²) in [5, 5.41) is 0. The molecule has 1 aliphatic heterocycles. The molecule has 1 aliphatic carbocycles. The van der Waals surface area contributed by atoms with Crippen LogP contribution in [0.15, 0.2) is 11.8 Å². The Hall–Kier alpha value is -0.830. The molecule has 0 aromatic heterocycles. The molecule has 0 aromatic rings. The number of rotatable bonds is 2. The van der Waals surface area contributed by atoms with Gasteiger partial charge in [0.05, 0.1) is 13.2 Å². The topological polar surface area (TPSA) is 29.5 Å². The summed E-state index contributed by atoms with van der Waals surface area (Å²) in [6, 6.07) is 0. The standard InChI is InChI=1S/C13H21NO2/c1-11(15)13(2)5-3-12(4-6-13)14-7-9-16-10-8-14/h3H,4-10H2,1-2H3. The Morgan fingerprint density at radius 3 is 2.62 bits per heavy atom. The van der Waals surface area contributed by atoms with Crippen LogP contribution in [0.25, 0.3) is 0 Å². The first-order valence-corrected chi connectivity index (χ1v) is 6.15. The van der Waals surface area contributed by atoms with Gasteiger partial charge in [0.15, 0.2) is 0 Å². The maximum absolute atomic E-state index is 11.5. The molecule has 0 N–H and O–H groups in total. The van der Waals surface area contributed by atoms with Gasteiger partial charge in [0.25, 0.3) is 0 Å². The molecule has 1 unspecified atom stereocenters. The van der Waals surface area contributed by atoms with Gasteiger partial charge >= 0.3 is 0 Å². The molecule has 0 aromatic carbocycles. The maximum Gasteiger partial charge on any atom is 0.136 e. The Morgan fingerprint density at radius 2 is 2.12 bits per heavy atom. The normalized spacial score (nSPS) is 31.1. The number of hydrogen-bond acceptors (Lipinski definition) is 3. The number of Topliss-reactive ketones (excluding diaryl/α,β-unsaturated/α-hetero) is 1. The van der Waals surface area contributed by atoms with E-state index in [1.54, 1.807) is 6.92 Å². The first-order chi connectivity index (χ1) is 7.62. The third-order valence-electron chi connectivity index (χ3n) is 3.99. The zero-order valence-electron chi connectivity index (χ0n) is 10.3. The molecule has 0 amide bonds. The summed E-state index contributed by atoms with van der Waals surface area (Å²) in [6.07, 6.45) is 5.19. The number of carbonyl (C=O) groups excluding carboxylic acids is 1. The minimum atomic E-state index is -0.115. The van der Waals surface area contributed by atoms with Crippen LogP contribution >= 0.6 is 0 Å². The Balaban J connectivity index is 1.99. The summed E-state index contributed by atoms with van der Waals surface area (Å²) in [5.74, 6) is 0.324. The molecule has 2 aliphatic rings. The Labute approximate surface area is 97.5 Å². The average Bonchev–Trinajstić information content (AvgIpc) is 2.31. The minimum Gasteiger partial charge on any atom is -0.378 e. The summed E-state index contributed by atoms with van der Waals surface area (Å²) < 4.78 is 5.35. The highest BCUT2D eigenvalue weighted by Crippen LogP contribution is 2.36. The quantitative estimate of drug-likeness (QED) is 0.717. The molecule has 2 rings (SSSR count). The van der Waals surface area contributed by atoms with Crippen LogP contribution in [0.3, 0.4) is 0 Å². The number of morpholine rings is 1. The van der Waals surface area contributed by atoms with Crippen LogP contribution in [-0.4, -0.2) is 37.0 Å². The average molecular weight is 223 g/mol. The molecule has 1 heterocycles. The molecule has 3 nitrogen and oxygen atoms in total. The zero-order valence-corrected chi connectivity index (χ0v) is 10.3. The second-order valence-corrected chi connectivity index (χ2v) is 5.12. The summed E-state index contributed by atoms with van der Waals surface area (Å²) >= 11 is 0. The highest BCUT2D eigenvalue weighted by Gasteiger charge is 2.32. The fraction of sp³-hybridized carbons (Fsp3) is 0.769. The van der Waals surface area contributed by atoms with Crippen LogP contribution in [0.5, 0.6) is 0 Å². The van der Waals surface area contributed by atoms with Gasteiger partial charge in [0, 0.05) is 24.2 Å². The molecule has 0 saturated carbocycles. The summed E-state index contributed by atoms with van der Waals surface area (Å²) in [6.45, 7) is 7.48. The Kier molecular flexibility index (Phi) is 3.33. The lowest BCUT2D eigenvalue weighted by atomic mass is 9.75. The van der Waals surface area contributed by atoms with Gasteiger partial charge in [-0.25, -0.2) is 0 Å². The van der Waals surface area contributed by atoms with Crippen molar-refractivity contribution in [3.8, 4) is 0 Å². The maximum atomic E-state index is 11.5. The Morgan fingerprint density at radius 1 is 1.44 bits per heavy atom. The fourth-order valence-corrected chi connectivity index (χ4v) is 2.41. The molecule has 1 fully saturated rings. The number of nitrogens with zero attached hydrogens (tertiary/aromatic N) is 1. The molecule has 0 bridgehead atoms. The predicted molar refractivity (Wildman–Crippen MR) is 63.1 cm³/mol. The predicted octanol–water partition coefficient (Wildman–Crippen LogP) is 1.98. The molecule has 16 heavy (non-hydrogen) atoms. The van der Waals surface area contributed by atoms with Gasteiger partial charge < -0.3 is 9.64 Å². The van der Waals surface area contributed by atoms with E-state index < -0.39 is 0 Å². The highest BCUT2D eigenvalue weighted by molar-refractivity contribution is 5.82. The lowest BCUT2D eigenvalue weighted by molar-refractivity contribution is -0.126. The van der Waals surface area contributed by atoms with Gasteiger partial charge in [0.2, 0.25) is 0 Å². The number of ether oxygens (including phenoxy) is 1. The van der Waals surface area contributed by atoms with E-state index in [-0.39, 0.29) is 5.41 Å². The van der Waals surface area contributed by atoms with E-state index in [2.05, 4.69) is 17.9 Å². The number of carbonyl (C=O) groups is 1. The fourth-order valence-electron chi connectivity index (χ4n) is 2.41. The van der Waals surface area contributed by atoms with Crippen LogP contribution in [-0.2, 0) is 9.53 Å². The SMILES string of the molecule is CC(=O)C1(C)CC=C(N2CCOCC2)CC1. The number of ketones is 1. The van der Waals surface area contributed by atoms with Gasteiger partial charge in [-0.3, -0.25) is 4.79 Å². The van der Waals surface area contributed by atoms with E-state index in [4.69, 9.17) is 4.74 Å². The van der Waals surface area contributed by atoms with Crippen molar-refractivity contribution < 1.29 is 9.53 Å². The summed E-state index contributed by atoms with van der Waals surface area (Å²) in [4.78, 5) is 13.9. The van der Waals surface area contributed by atoms with Gasteiger partial charge in [0.1, 0.15) is 5.78 Å². The molecule has 1 saturated heterocycles. The van der Waals surface area contributed by atoms with Crippen molar-refractivity contribution in [1.82, 2.24) is 4.90 Å². The monoisotopic (exact) mass is 223 g/mol. The number of hydrogen-bond donors (Lipinski definition) is 0. The molecule has 0 radical (unpaired) electrons. The van der Waals surface area contributed by atoms with Crippen LogP contribution in [0.1, 0.15) is 33.1 Å². The van der Waals surface area contributed by atoms with Crippen LogP contribution in [0.4, 0.5) is 0 Å². The van der Waals surface area contributed by atoms with Crippen LogP contribution in [0, 0.1) is 5.41 Å². The molecular weight excluding hydrogens is 202 g/mol. The highest BCUT2D eigenvalue weighted by atomic mass is 16.5. The second-order valence-electron chi connectivity index (χ2n) is 5.12. The van der Waals surface area contributed by atoms with Crippen molar-refractivity contribution in [3.63, 3.8) is 0 Å². The molecule has 1 atom stereocenters. The molecular formula is C13H21NO2. The first kappa shape index (κ1) is 11.6. The molecule has 90 valence electrons. The van der Waals surface area contributed by atoms with E-state index in [1.807, 2.05) is 0 Å². The van der Waals surface area contributed by atoms with Crippen molar-refractivity contribution >= 4 is 5.78 Å². The van der Waals surface area contributed by atoms with E-state index in [9.17, 15) is 4.79 Å². The summed E-state index contributed by atoms with van der Waals surface area (Å²) in [5.41, 5.74) is 1.30. The largest absolute Gasteiger partial charge is 0.378 e. The van der Waals surface area contributed by atoms with Crippen molar-refractivity contribution in [2.75, 3.05) is 26.3 Å². The Bertz CT molecular complexity index is 305. The third kappa shape index (κ3) is 2.29.